The van der Waals surface area contributed by atoms with Gasteiger partial charge in [-0.25, -0.2) is 4.98 Å². The van der Waals surface area contributed by atoms with Crippen LogP contribution >= 0.6 is 11.3 Å². The van der Waals surface area contributed by atoms with Crippen LogP contribution in [0.4, 0.5) is 5.88 Å². The van der Waals surface area contributed by atoms with Crippen LogP contribution < -0.4 is 5.32 Å². The predicted molar refractivity (Wildman–Crippen MR) is 79.9 cm³/mol. The summed E-state index contributed by atoms with van der Waals surface area (Å²) < 4.78 is 7.64. The first-order valence-electron chi connectivity index (χ1n) is 6.51. The van der Waals surface area contributed by atoms with Gasteiger partial charge < -0.3 is 14.3 Å². The minimum absolute atomic E-state index is 0.293. The molecule has 7 heteroatoms. The third kappa shape index (κ3) is 3.12. The molecule has 0 fully saturated rings. The van der Waals surface area contributed by atoms with Gasteiger partial charge in [0.25, 0.3) is 0 Å². The van der Waals surface area contributed by atoms with Crippen LogP contribution in [0, 0.1) is 11.3 Å². The minimum Gasteiger partial charge on any atom is -0.418 e. The van der Waals surface area contributed by atoms with E-state index in [1.165, 1.54) is 11.3 Å². The van der Waals surface area contributed by atoms with E-state index in [1.807, 2.05) is 28.3 Å². The van der Waals surface area contributed by atoms with Crippen LogP contribution in [-0.2, 0) is 6.54 Å². The molecule has 6 nitrogen and oxygen atoms in total. The zero-order valence-electron chi connectivity index (χ0n) is 11.2. The van der Waals surface area contributed by atoms with Crippen molar-refractivity contribution in [1.82, 2.24) is 14.5 Å². The fourth-order valence-corrected chi connectivity index (χ4v) is 2.55. The summed E-state index contributed by atoms with van der Waals surface area (Å²) in [6.07, 6.45) is 6.36. The smallest absolute Gasteiger partial charge is 0.240 e. The molecule has 106 valence electrons. The van der Waals surface area contributed by atoms with E-state index >= 15 is 0 Å². The first-order chi connectivity index (χ1) is 10.4. The monoisotopic (exact) mass is 299 g/mol. The van der Waals surface area contributed by atoms with Gasteiger partial charge in [-0.2, -0.15) is 10.2 Å². The Bertz CT molecular complexity index is 724. The van der Waals surface area contributed by atoms with Crippen molar-refractivity contribution in [3.8, 4) is 16.8 Å². The van der Waals surface area contributed by atoms with Crippen LogP contribution in [0.25, 0.3) is 10.8 Å². The average molecular weight is 299 g/mol. The SMILES string of the molecule is N#Cc1nc(-c2cccs2)oc1NCCCn1ccnc1. The minimum atomic E-state index is 0.293. The normalized spacial score (nSPS) is 10.4. The highest BCUT2D eigenvalue weighted by Gasteiger charge is 2.14. The van der Waals surface area contributed by atoms with Crippen molar-refractivity contribution in [3.05, 3.63) is 41.9 Å². The molecule has 3 heterocycles. The molecule has 3 aromatic rings. The second-order valence-electron chi connectivity index (χ2n) is 4.37. The standard InChI is InChI=1S/C14H13N5OS/c15-9-11-13(17-4-2-6-19-7-5-16-10-19)20-14(18-11)12-3-1-8-21-12/h1,3,5,7-8,10,17H,2,4,6H2. The number of anilines is 1. The Morgan fingerprint density at radius 3 is 3.14 bits per heavy atom. The van der Waals surface area contributed by atoms with E-state index in [9.17, 15) is 0 Å². The maximum Gasteiger partial charge on any atom is 0.240 e. The van der Waals surface area contributed by atoms with Crippen LogP contribution in [0.15, 0.2) is 40.7 Å². The second kappa shape index (κ2) is 6.24. The molecule has 0 aliphatic heterocycles. The van der Waals surface area contributed by atoms with Crippen LogP contribution in [0.3, 0.4) is 0 Å². The van der Waals surface area contributed by atoms with E-state index in [2.05, 4.69) is 21.4 Å². The Morgan fingerprint density at radius 1 is 1.48 bits per heavy atom. The summed E-state index contributed by atoms with van der Waals surface area (Å²) in [6.45, 7) is 1.56. The Morgan fingerprint density at radius 2 is 2.43 bits per heavy atom. The number of oxazole rings is 1. The van der Waals surface area contributed by atoms with Gasteiger partial charge in [-0.15, -0.1) is 11.3 Å². The van der Waals surface area contributed by atoms with E-state index in [0.717, 1.165) is 17.8 Å². The van der Waals surface area contributed by atoms with Crippen LogP contribution in [-0.4, -0.2) is 21.1 Å². The summed E-state index contributed by atoms with van der Waals surface area (Å²) in [7, 11) is 0. The summed E-state index contributed by atoms with van der Waals surface area (Å²) in [5.74, 6) is 0.921. The molecule has 0 aliphatic rings. The lowest BCUT2D eigenvalue weighted by molar-refractivity contribution is 0.580. The molecule has 3 aromatic heterocycles. The number of thiophene rings is 1. The summed E-state index contributed by atoms with van der Waals surface area (Å²) in [6, 6.07) is 5.90. The number of rotatable bonds is 6. The summed E-state index contributed by atoms with van der Waals surface area (Å²) in [5, 5.41) is 14.2. The van der Waals surface area contributed by atoms with Crippen LogP contribution in [0.2, 0.25) is 0 Å². The Hall–Kier alpha value is -2.59. The molecule has 0 aliphatic carbocycles. The Kier molecular flexibility index (Phi) is 3.98. The number of hydrogen-bond acceptors (Lipinski definition) is 6. The summed E-state index contributed by atoms with van der Waals surface area (Å²) in [5.41, 5.74) is 0.293. The molecule has 21 heavy (non-hydrogen) atoms. The third-order valence-electron chi connectivity index (χ3n) is 2.90. The maximum atomic E-state index is 9.11. The zero-order valence-corrected chi connectivity index (χ0v) is 12.0. The third-order valence-corrected chi connectivity index (χ3v) is 3.76. The van der Waals surface area contributed by atoms with Crippen LogP contribution in [0.1, 0.15) is 12.1 Å². The average Bonchev–Trinajstić information content (AvgIpc) is 3.22. The molecule has 0 amide bonds. The number of aryl methyl sites for hydroxylation is 1. The molecule has 0 saturated heterocycles. The van der Waals surface area contributed by atoms with Gasteiger partial charge in [-0.05, 0) is 17.9 Å². The summed E-state index contributed by atoms with van der Waals surface area (Å²) in [4.78, 5) is 9.11. The highest BCUT2D eigenvalue weighted by molar-refractivity contribution is 7.13. The van der Waals surface area contributed by atoms with E-state index in [4.69, 9.17) is 9.68 Å². The molecule has 0 bridgehead atoms. The van der Waals surface area contributed by atoms with E-state index in [1.54, 1.807) is 12.5 Å². The molecule has 0 saturated carbocycles. The van der Waals surface area contributed by atoms with Crippen molar-refractivity contribution in [2.75, 3.05) is 11.9 Å². The number of aromatic nitrogens is 3. The largest absolute Gasteiger partial charge is 0.418 e. The number of hydrogen-bond donors (Lipinski definition) is 1. The van der Waals surface area contributed by atoms with Gasteiger partial charge in [-0.3, -0.25) is 0 Å². The molecular weight excluding hydrogens is 286 g/mol. The molecule has 1 N–H and O–H groups in total. The lowest BCUT2D eigenvalue weighted by Gasteiger charge is -2.03. The van der Waals surface area contributed by atoms with Gasteiger partial charge >= 0.3 is 0 Å². The van der Waals surface area contributed by atoms with Crippen molar-refractivity contribution in [1.29, 1.82) is 5.26 Å². The van der Waals surface area contributed by atoms with E-state index in [0.29, 0.717) is 24.0 Å². The number of nitrogens with one attached hydrogen (secondary N) is 1. The van der Waals surface area contributed by atoms with Crippen molar-refractivity contribution in [2.24, 2.45) is 0 Å². The molecular formula is C14H13N5OS. The number of imidazole rings is 1. The molecule has 0 spiro atoms. The van der Waals surface area contributed by atoms with Crippen molar-refractivity contribution in [3.63, 3.8) is 0 Å². The molecule has 0 unspecified atom stereocenters. The number of nitriles is 1. The first-order valence-corrected chi connectivity index (χ1v) is 7.39. The Balaban J connectivity index is 1.61. The van der Waals surface area contributed by atoms with Gasteiger partial charge in [-0.1, -0.05) is 6.07 Å². The number of nitrogens with zero attached hydrogens (tertiary/aromatic N) is 4. The van der Waals surface area contributed by atoms with Gasteiger partial charge in [0.2, 0.25) is 17.5 Å². The molecule has 0 radical (unpaired) electrons. The highest BCUT2D eigenvalue weighted by Crippen LogP contribution is 2.28. The van der Waals surface area contributed by atoms with Crippen molar-refractivity contribution < 1.29 is 4.42 Å². The van der Waals surface area contributed by atoms with Crippen molar-refractivity contribution >= 4 is 17.2 Å². The molecule has 3 rings (SSSR count). The fourth-order valence-electron chi connectivity index (χ4n) is 1.90. The topological polar surface area (TPSA) is 79.7 Å². The zero-order chi connectivity index (χ0) is 14.5. The molecule has 0 atom stereocenters. The maximum absolute atomic E-state index is 9.11. The highest BCUT2D eigenvalue weighted by atomic mass is 32.1. The lowest BCUT2D eigenvalue weighted by Crippen LogP contribution is -2.06. The van der Waals surface area contributed by atoms with Gasteiger partial charge in [0.15, 0.2) is 0 Å². The quantitative estimate of drug-likeness (QED) is 0.708. The van der Waals surface area contributed by atoms with Gasteiger partial charge in [0, 0.05) is 25.5 Å². The Labute approximate surface area is 125 Å². The van der Waals surface area contributed by atoms with Gasteiger partial charge in [0.1, 0.15) is 6.07 Å². The molecule has 0 aromatic carbocycles. The predicted octanol–water partition coefficient (Wildman–Crippen LogP) is 2.97. The lowest BCUT2D eigenvalue weighted by atomic mass is 10.4. The van der Waals surface area contributed by atoms with E-state index < -0.39 is 0 Å². The van der Waals surface area contributed by atoms with Gasteiger partial charge in [0.05, 0.1) is 11.2 Å². The van der Waals surface area contributed by atoms with Crippen LogP contribution in [0.5, 0.6) is 0 Å². The fraction of sp³-hybridized carbons (Fsp3) is 0.214. The van der Waals surface area contributed by atoms with E-state index in [-0.39, 0.29) is 0 Å². The van der Waals surface area contributed by atoms with Crippen molar-refractivity contribution in [2.45, 2.75) is 13.0 Å². The second-order valence-corrected chi connectivity index (χ2v) is 5.31. The summed E-state index contributed by atoms with van der Waals surface area (Å²) >= 11 is 1.53. The first kappa shape index (κ1) is 13.4.